The predicted octanol–water partition coefficient (Wildman–Crippen LogP) is 3.21. The van der Waals surface area contributed by atoms with Crippen molar-refractivity contribution >= 4 is 21.4 Å². The Bertz CT molecular complexity index is 423. The Hall–Kier alpha value is -0.540. The molecule has 0 radical (unpaired) electrons. The molecule has 1 atom stereocenters. The monoisotopic (exact) mass is 260 g/mol. The van der Waals surface area contributed by atoms with E-state index in [0.29, 0.717) is 10.8 Å². The maximum Gasteiger partial charge on any atom is 0.179 e. The third-order valence-corrected chi connectivity index (χ3v) is 4.91. The van der Waals surface area contributed by atoms with Crippen molar-refractivity contribution in [3.05, 3.63) is 29.8 Å². The summed E-state index contributed by atoms with van der Waals surface area (Å²) in [5.41, 5.74) is 1.17. The zero-order chi connectivity index (χ0) is 12.2. The number of sulfone groups is 1. The molecule has 90 valence electrons. The Morgan fingerprint density at radius 2 is 1.81 bits per heavy atom. The highest BCUT2D eigenvalue weighted by molar-refractivity contribution is 7.91. The van der Waals surface area contributed by atoms with Crippen LogP contribution >= 0.6 is 11.6 Å². The molecule has 1 unspecified atom stereocenters. The summed E-state index contributed by atoms with van der Waals surface area (Å²) >= 11 is 5.46. The average Bonchev–Trinajstić information content (AvgIpc) is 2.28. The SMILES string of the molecule is CCC(C)c1ccc(S(=O)(=O)CCCl)cc1. The zero-order valence-corrected chi connectivity index (χ0v) is 11.2. The molecule has 0 bridgehead atoms. The van der Waals surface area contributed by atoms with Crippen LogP contribution in [0, 0.1) is 0 Å². The van der Waals surface area contributed by atoms with Crippen molar-refractivity contribution in [3.8, 4) is 0 Å². The van der Waals surface area contributed by atoms with Gasteiger partial charge in [0.25, 0.3) is 0 Å². The van der Waals surface area contributed by atoms with Gasteiger partial charge in [-0.15, -0.1) is 11.6 Å². The molecule has 0 aliphatic carbocycles. The van der Waals surface area contributed by atoms with Crippen LogP contribution in [0.15, 0.2) is 29.2 Å². The fourth-order valence-corrected chi connectivity index (χ4v) is 3.06. The van der Waals surface area contributed by atoms with E-state index >= 15 is 0 Å². The molecule has 4 heteroatoms. The second kappa shape index (κ2) is 5.69. The molecule has 1 aromatic rings. The number of halogens is 1. The molecule has 16 heavy (non-hydrogen) atoms. The van der Waals surface area contributed by atoms with Crippen molar-refractivity contribution in [1.82, 2.24) is 0 Å². The van der Waals surface area contributed by atoms with Crippen molar-refractivity contribution in [3.63, 3.8) is 0 Å². The summed E-state index contributed by atoms with van der Waals surface area (Å²) in [6.07, 6.45) is 1.05. The lowest BCUT2D eigenvalue weighted by molar-refractivity contribution is 0.597. The summed E-state index contributed by atoms with van der Waals surface area (Å²) in [6.45, 7) is 4.24. The molecule has 0 saturated heterocycles. The highest BCUT2D eigenvalue weighted by Crippen LogP contribution is 2.20. The summed E-state index contributed by atoms with van der Waals surface area (Å²) in [5.74, 6) is 0.594. The topological polar surface area (TPSA) is 34.1 Å². The summed E-state index contributed by atoms with van der Waals surface area (Å²) in [4.78, 5) is 0.361. The van der Waals surface area contributed by atoms with Gasteiger partial charge in [-0.1, -0.05) is 26.0 Å². The van der Waals surface area contributed by atoms with Crippen LogP contribution in [-0.2, 0) is 9.84 Å². The molecule has 0 aliphatic heterocycles. The number of hydrogen-bond acceptors (Lipinski definition) is 2. The van der Waals surface area contributed by atoms with E-state index < -0.39 is 9.84 Å². The first kappa shape index (κ1) is 13.5. The van der Waals surface area contributed by atoms with Gasteiger partial charge in [-0.2, -0.15) is 0 Å². The maximum absolute atomic E-state index is 11.7. The molecule has 2 nitrogen and oxygen atoms in total. The first-order valence-corrected chi connectivity index (χ1v) is 7.58. The normalized spacial score (nSPS) is 13.7. The number of alkyl halides is 1. The van der Waals surface area contributed by atoms with E-state index in [1.807, 2.05) is 12.1 Å². The maximum atomic E-state index is 11.7. The molecule has 0 aromatic heterocycles. The summed E-state index contributed by atoms with van der Waals surface area (Å²) in [5, 5.41) is 0. The third-order valence-electron chi connectivity index (χ3n) is 2.77. The van der Waals surface area contributed by atoms with Gasteiger partial charge in [-0.05, 0) is 30.0 Å². The molecule has 0 heterocycles. The van der Waals surface area contributed by atoms with Gasteiger partial charge in [0.1, 0.15) is 0 Å². The van der Waals surface area contributed by atoms with Crippen LogP contribution in [-0.4, -0.2) is 20.1 Å². The molecule has 0 spiro atoms. The first-order chi connectivity index (χ1) is 7.51. The quantitative estimate of drug-likeness (QED) is 0.762. The van der Waals surface area contributed by atoms with E-state index in [4.69, 9.17) is 11.6 Å². The summed E-state index contributed by atoms with van der Waals surface area (Å²) < 4.78 is 23.4. The van der Waals surface area contributed by atoms with Gasteiger partial charge in [-0.25, -0.2) is 8.42 Å². The van der Waals surface area contributed by atoms with Crippen molar-refractivity contribution in [2.75, 3.05) is 11.6 Å². The number of hydrogen-bond donors (Lipinski definition) is 0. The smallest absolute Gasteiger partial charge is 0.179 e. The van der Waals surface area contributed by atoms with Crippen LogP contribution in [0.2, 0.25) is 0 Å². The van der Waals surface area contributed by atoms with Gasteiger partial charge in [-0.3, -0.25) is 0 Å². The molecule has 0 N–H and O–H groups in total. The minimum atomic E-state index is -3.19. The van der Waals surface area contributed by atoms with Crippen LogP contribution in [0.25, 0.3) is 0 Å². The Morgan fingerprint density at radius 1 is 1.25 bits per heavy atom. The summed E-state index contributed by atoms with van der Waals surface area (Å²) in [7, 11) is -3.19. The lowest BCUT2D eigenvalue weighted by Gasteiger charge is -2.09. The first-order valence-electron chi connectivity index (χ1n) is 5.40. The predicted molar refractivity (Wildman–Crippen MR) is 67.9 cm³/mol. The van der Waals surface area contributed by atoms with E-state index in [9.17, 15) is 8.42 Å². The van der Waals surface area contributed by atoms with E-state index in [-0.39, 0.29) is 11.6 Å². The average molecular weight is 261 g/mol. The van der Waals surface area contributed by atoms with Gasteiger partial charge in [0.15, 0.2) is 9.84 Å². The molecule has 0 amide bonds. The standard InChI is InChI=1S/C12H17ClO2S/c1-3-10(2)11-4-6-12(7-5-11)16(14,15)9-8-13/h4-7,10H,3,8-9H2,1-2H3. The second-order valence-electron chi connectivity index (χ2n) is 3.89. The Kier molecular flexibility index (Phi) is 4.81. The van der Waals surface area contributed by atoms with E-state index in [0.717, 1.165) is 6.42 Å². The molecule has 0 saturated carbocycles. The lowest BCUT2D eigenvalue weighted by atomic mass is 9.99. The zero-order valence-electron chi connectivity index (χ0n) is 9.61. The number of benzene rings is 1. The third kappa shape index (κ3) is 3.22. The lowest BCUT2D eigenvalue weighted by Crippen LogP contribution is -2.07. The highest BCUT2D eigenvalue weighted by atomic mass is 35.5. The van der Waals surface area contributed by atoms with Gasteiger partial charge in [0, 0.05) is 5.88 Å². The fourth-order valence-electron chi connectivity index (χ4n) is 1.46. The molecule has 1 rings (SSSR count). The number of rotatable bonds is 5. The van der Waals surface area contributed by atoms with Crippen molar-refractivity contribution in [2.45, 2.75) is 31.1 Å². The van der Waals surface area contributed by atoms with Crippen LogP contribution in [0.3, 0.4) is 0 Å². The van der Waals surface area contributed by atoms with E-state index in [1.54, 1.807) is 12.1 Å². The van der Waals surface area contributed by atoms with Crippen LogP contribution in [0.4, 0.5) is 0 Å². The Labute approximate surface area is 103 Å². The van der Waals surface area contributed by atoms with Crippen molar-refractivity contribution < 1.29 is 8.42 Å². The van der Waals surface area contributed by atoms with Crippen molar-refractivity contribution in [1.29, 1.82) is 0 Å². The molecule has 0 fully saturated rings. The van der Waals surface area contributed by atoms with Crippen LogP contribution in [0.5, 0.6) is 0 Å². The van der Waals surface area contributed by atoms with Gasteiger partial charge in [0.2, 0.25) is 0 Å². The van der Waals surface area contributed by atoms with E-state index in [2.05, 4.69) is 13.8 Å². The molecule has 1 aromatic carbocycles. The van der Waals surface area contributed by atoms with Crippen LogP contribution in [0.1, 0.15) is 31.7 Å². The highest BCUT2D eigenvalue weighted by Gasteiger charge is 2.13. The molecule has 0 aliphatic rings. The van der Waals surface area contributed by atoms with Gasteiger partial charge >= 0.3 is 0 Å². The molecular weight excluding hydrogens is 244 g/mol. The summed E-state index contributed by atoms with van der Waals surface area (Å²) in [6, 6.07) is 7.11. The molecular formula is C12H17ClO2S. The second-order valence-corrected chi connectivity index (χ2v) is 6.37. The van der Waals surface area contributed by atoms with Crippen LogP contribution < -0.4 is 0 Å². The Morgan fingerprint density at radius 3 is 2.25 bits per heavy atom. The van der Waals surface area contributed by atoms with Gasteiger partial charge < -0.3 is 0 Å². The minimum Gasteiger partial charge on any atom is -0.224 e. The van der Waals surface area contributed by atoms with E-state index in [1.165, 1.54) is 5.56 Å². The minimum absolute atomic E-state index is 0.00274. The van der Waals surface area contributed by atoms with Crippen molar-refractivity contribution in [2.24, 2.45) is 0 Å². The Balaban J connectivity index is 2.95. The largest absolute Gasteiger partial charge is 0.224 e. The van der Waals surface area contributed by atoms with Gasteiger partial charge in [0.05, 0.1) is 10.6 Å². The fraction of sp³-hybridized carbons (Fsp3) is 0.500.